The van der Waals surface area contributed by atoms with Gasteiger partial charge in [0.15, 0.2) is 23.1 Å². The van der Waals surface area contributed by atoms with Crippen LogP contribution in [0.25, 0.3) is 10.9 Å². The highest BCUT2D eigenvalue weighted by molar-refractivity contribution is 6.42. The Hall–Kier alpha value is -3.63. The number of piperidine rings is 1. The van der Waals surface area contributed by atoms with Gasteiger partial charge in [-0.05, 0) is 18.2 Å². The third-order valence-corrected chi connectivity index (χ3v) is 6.94. The number of urea groups is 1. The molecule has 2 aliphatic rings. The quantitative estimate of drug-likeness (QED) is 0.353. The van der Waals surface area contributed by atoms with Crippen molar-refractivity contribution in [1.82, 2.24) is 14.9 Å². The van der Waals surface area contributed by atoms with Gasteiger partial charge in [0.25, 0.3) is 0 Å². The summed E-state index contributed by atoms with van der Waals surface area (Å²) in [4.78, 5) is 36.6. The predicted octanol–water partition coefficient (Wildman–Crippen LogP) is 5.32. The van der Waals surface area contributed by atoms with E-state index in [9.17, 15) is 9.59 Å². The second-order valence-corrected chi connectivity index (χ2v) is 8.97. The van der Waals surface area contributed by atoms with E-state index in [1.807, 2.05) is 0 Å². The molecule has 2 aliphatic heterocycles. The molecule has 12 heteroatoms. The normalized spacial score (nSPS) is 15.6. The Balaban J connectivity index is 1.58. The number of halogens is 3. The Kier molecular flexibility index (Phi) is 6.31. The third kappa shape index (κ3) is 3.96. The maximum absolute atomic E-state index is 15.0. The van der Waals surface area contributed by atoms with Crippen LogP contribution in [0.4, 0.5) is 26.4 Å². The number of nitrogens with zero attached hydrogens (tertiary/aromatic N) is 4. The van der Waals surface area contributed by atoms with Gasteiger partial charge in [-0.3, -0.25) is 4.79 Å². The van der Waals surface area contributed by atoms with Gasteiger partial charge in [0.2, 0.25) is 5.91 Å². The molecule has 0 atom stereocenters. The lowest BCUT2D eigenvalue weighted by atomic mass is 10.1. The fourth-order valence-electron chi connectivity index (χ4n) is 4.38. The SMILES string of the molecule is C=CC(=O)N1CCC(Oc2c(OC)cc3ncnc4c3c2NC(=O)N4c2ccc(Cl)c(Cl)c2F)CC1. The van der Waals surface area contributed by atoms with Crippen LogP contribution in [0.1, 0.15) is 12.8 Å². The minimum atomic E-state index is -0.861. The zero-order valence-electron chi connectivity index (χ0n) is 19.1. The Morgan fingerprint density at radius 2 is 2.03 bits per heavy atom. The lowest BCUT2D eigenvalue weighted by molar-refractivity contribution is -0.127. The Morgan fingerprint density at radius 1 is 1.28 bits per heavy atom. The highest BCUT2D eigenvalue weighted by Crippen LogP contribution is 2.49. The minimum Gasteiger partial charge on any atom is -0.493 e. The van der Waals surface area contributed by atoms with E-state index in [0.29, 0.717) is 54.0 Å². The number of amides is 3. The molecule has 0 bridgehead atoms. The molecule has 186 valence electrons. The number of aromatic nitrogens is 2. The van der Waals surface area contributed by atoms with Crippen molar-refractivity contribution in [3.05, 3.63) is 53.0 Å². The zero-order valence-corrected chi connectivity index (χ0v) is 20.6. The molecule has 0 aliphatic carbocycles. The highest BCUT2D eigenvalue weighted by Gasteiger charge is 2.35. The van der Waals surface area contributed by atoms with Crippen molar-refractivity contribution in [3.8, 4) is 11.5 Å². The topological polar surface area (TPSA) is 96.9 Å². The first kappa shape index (κ1) is 24.1. The fourth-order valence-corrected chi connectivity index (χ4v) is 4.69. The van der Waals surface area contributed by atoms with Gasteiger partial charge in [-0.15, -0.1) is 0 Å². The number of hydrogen-bond donors (Lipinski definition) is 1. The lowest BCUT2D eigenvalue weighted by Crippen LogP contribution is -2.41. The monoisotopic (exact) mass is 531 g/mol. The molecule has 3 aromatic rings. The number of anilines is 3. The van der Waals surface area contributed by atoms with Crippen LogP contribution in [0.15, 0.2) is 37.2 Å². The van der Waals surface area contributed by atoms with Gasteiger partial charge in [-0.25, -0.2) is 24.1 Å². The van der Waals surface area contributed by atoms with Gasteiger partial charge in [0, 0.05) is 32.0 Å². The summed E-state index contributed by atoms with van der Waals surface area (Å²) in [5, 5.41) is 2.94. The van der Waals surface area contributed by atoms with E-state index in [1.165, 1.54) is 31.6 Å². The fraction of sp³-hybridized carbons (Fsp3) is 0.250. The summed E-state index contributed by atoms with van der Waals surface area (Å²) in [5.41, 5.74) is 0.646. The van der Waals surface area contributed by atoms with Crippen LogP contribution < -0.4 is 19.7 Å². The molecule has 1 aromatic heterocycles. The number of methoxy groups -OCH3 is 1. The summed E-state index contributed by atoms with van der Waals surface area (Å²) in [6, 6.07) is 3.73. The molecular weight excluding hydrogens is 512 g/mol. The van der Waals surface area contributed by atoms with E-state index in [4.69, 9.17) is 32.7 Å². The lowest BCUT2D eigenvalue weighted by Gasteiger charge is -2.34. The van der Waals surface area contributed by atoms with E-state index < -0.39 is 11.8 Å². The summed E-state index contributed by atoms with van der Waals surface area (Å²) >= 11 is 11.9. The molecule has 5 rings (SSSR count). The summed E-state index contributed by atoms with van der Waals surface area (Å²) in [5.74, 6) is -0.177. The first-order valence-electron chi connectivity index (χ1n) is 11.0. The zero-order chi connectivity index (χ0) is 25.6. The first-order chi connectivity index (χ1) is 17.3. The summed E-state index contributed by atoms with van der Waals surface area (Å²) in [6.07, 6.45) is 3.48. The number of hydrogen-bond acceptors (Lipinski definition) is 6. The molecule has 0 spiro atoms. The maximum atomic E-state index is 15.0. The number of carbonyl (C=O) groups is 2. The largest absolute Gasteiger partial charge is 0.493 e. The van der Waals surface area contributed by atoms with Gasteiger partial charge in [0.05, 0.1) is 33.7 Å². The molecule has 9 nitrogen and oxygen atoms in total. The molecule has 2 aromatic carbocycles. The number of benzene rings is 2. The summed E-state index contributed by atoms with van der Waals surface area (Å²) in [7, 11) is 1.48. The standard InChI is InChI=1S/C24H20Cl2FN5O4/c1-3-17(33)31-8-6-12(7-9-31)36-22-16(35-2)10-14-18-21(22)30-24(34)32(23(18)29-11-28-14)15-5-4-13(25)19(26)20(15)27/h3-5,10-12H,1,6-9H2,2H3,(H,30,34). The molecular formula is C24H20Cl2FN5O4. The van der Waals surface area contributed by atoms with Crippen molar-refractivity contribution < 1.29 is 23.5 Å². The maximum Gasteiger partial charge on any atom is 0.332 e. The Morgan fingerprint density at radius 3 is 2.72 bits per heavy atom. The molecule has 1 saturated heterocycles. The van der Waals surface area contributed by atoms with Gasteiger partial charge < -0.3 is 19.7 Å². The van der Waals surface area contributed by atoms with Gasteiger partial charge in [0.1, 0.15) is 18.1 Å². The molecule has 1 fully saturated rings. The average Bonchev–Trinajstić information content (AvgIpc) is 2.89. The van der Waals surface area contributed by atoms with Crippen molar-refractivity contribution in [2.75, 3.05) is 30.4 Å². The van der Waals surface area contributed by atoms with E-state index >= 15 is 4.39 Å². The van der Waals surface area contributed by atoms with Crippen LogP contribution in [0.2, 0.25) is 10.0 Å². The van der Waals surface area contributed by atoms with Crippen LogP contribution in [-0.4, -0.2) is 53.1 Å². The van der Waals surface area contributed by atoms with Gasteiger partial charge in [-0.2, -0.15) is 0 Å². The molecule has 1 N–H and O–H groups in total. The van der Waals surface area contributed by atoms with Crippen molar-refractivity contribution >= 4 is 63.2 Å². The van der Waals surface area contributed by atoms with Crippen LogP contribution in [0.5, 0.6) is 11.5 Å². The number of rotatable bonds is 5. The van der Waals surface area contributed by atoms with Crippen molar-refractivity contribution in [3.63, 3.8) is 0 Å². The van der Waals surface area contributed by atoms with Crippen LogP contribution in [0, 0.1) is 5.82 Å². The first-order valence-corrected chi connectivity index (χ1v) is 11.8. The molecule has 3 amide bonds. The predicted molar refractivity (Wildman–Crippen MR) is 134 cm³/mol. The molecule has 0 radical (unpaired) electrons. The second-order valence-electron chi connectivity index (χ2n) is 8.18. The van der Waals surface area contributed by atoms with Crippen molar-refractivity contribution in [2.45, 2.75) is 18.9 Å². The third-order valence-electron chi connectivity index (χ3n) is 6.16. The smallest absolute Gasteiger partial charge is 0.332 e. The van der Waals surface area contributed by atoms with E-state index in [-0.39, 0.29) is 33.6 Å². The van der Waals surface area contributed by atoms with E-state index in [2.05, 4.69) is 21.9 Å². The molecule has 3 heterocycles. The van der Waals surface area contributed by atoms with Crippen LogP contribution in [-0.2, 0) is 4.79 Å². The van der Waals surface area contributed by atoms with Gasteiger partial charge >= 0.3 is 6.03 Å². The van der Waals surface area contributed by atoms with E-state index in [0.717, 1.165) is 4.90 Å². The van der Waals surface area contributed by atoms with E-state index in [1.54, 1.807) is 11.0 Å². The second kappa shape index (κ2) is 9.44. The Bertz CT molecular complexity index is 1410. The minimum absolute atomic E-state index is 0.0184. The molecule has 0 saturated carbocycles. The molecule has 0 unspecified atom stereocenters. The summed E-state index contributed by atoms with van der Waals surface area (Å²) < 4.78 is 26.9. The van der Waals surface area contributed by atoms with Crippen molar-refractivity contribution in [1.29, 1.82) is 0 Å². The van der Waals surface area contributed by atoms with Crippen molar-refractivity contribution in [2.24, 2.45) is 0 Å². The summed E-state index contributed by atoms with van der Waals surface area (Å²) in [6.45, 7) is 4.54. The van der Waals surface area contributed by atoms with Crippen LogP contribution >= 0.6 is 23.2 Å². The Labute approximate surface area is 215 Å². The molecule has 36 heavy (non-hydrogen) atoms. The number of ether oxygens (including phenoxy) is 2. The van der Waals surface area contributed by atoms with Crippen LogP contribution in [0.3, 0.4) is 0 Å². The number of nitrogens with one attached hydrogen (secondary N) is 1. The number of likely N-dealkylation sites (tertiary alicyclic amines) is 1. The van der Waals surface area contributed by atoms with Gasteiger partial charge in [-0.1, -0.05) is 29.8 Å². The average molecular weight is 532 g/mol. The highest BCUT2D eigenvalue weighted by atomic mass is 35.5. The number of carbonyl (C=O) groups excluding carboxylic acids is 2.